The Morgan fingerprint density at radius 3 is 3.05 bits per heavy atom. The molecular weight excluding hydrogens is 304 g/mol. The average Bonchev–Trinajstić information content (AvgIpc) is 3.18. The quantitative estimate of drug-likeness (QED) is 0.936. The molecule has 21 heavy (non-hydrogen) atoms. The van der Waals surface area contributed by atoms with Crippen LogP contribution < -0.4 is 0 Å². The van der Waals surface area contributed by atoms with Crippen LogP contribution >= 0.6 is 22.9 Å². The smallest absolute Gasteiger partial charge is 0.183 e. The van der Waals surface area contributed by atoms with Crippen molar-refractivity contribution in [2.75, 3.05) is 6.54 Å². The van der Waals surface area contributed by atoms with Gasteiger partial charge in [0, 0.05) is 23.3 Å². The molecule has 1 fully saturated rings. The monoisotopic (exact) mass is 322 g/mol. The number of thiazole rings is 1. The molecule has 1 aliphatic carbocycles. The van der Waals surface area contributed by atoms with Crippen molar-refractivity contribution < 1.29 is 0 Å². The number of H-pyrrole nitrogens is 1. The van der Waals surface area contributed by atoms with Crippen LogP contribution in [-0.4, -0.2) is 26.4 Å². The molecule has 2 aliphatic rings. The van der Waals surface area contributed by atoms with Crippen molar-refractivity contribution >= 4 is 22.9 Å². The number of hydrogen-bond acceptors (Lipinski definition) is 4. The van der Waals surface area contributed by atoms with Crippen LogP contribution in [0.15, 0.2) is 6.20 Å². The van der Waals surface area contributed by atoms with Crippen LogP contribution in [0.3, 0.4) is 0 Å². The normalized spacial score (nSPS) is 22.6. The first kappa shape index (κ1) is 13.7. The predicted octanol–water partition coefficient (Wildman–Crippen LogP) is 3.74. The number of imidazole rings is 1. The van der Waals surface area contributed by atoms with Crippen molar-refractivity contribution in [3.63, 3.8) is 0 Å². The van der Waals surface area contributed by atoms with E-state index in [0.29, 0.717) is 10.5 Å². The Bertz CT molecular complexity index is 612. The van der Waals surface area contributed by atoms with Gasteiger partial charge in [-0.2, -0.15) is 0 Å². The third-order valence-electron chi connectivity index (χ3n) is 4.54. The standard InChI is InChI=1S/C15H19ClN4S/c16-15-17-8-10(21-15)9-20-7-3-6-13(20)14-18-11-4-1-2-5-12(11)19-14/h8,13H,1-7,9H2,(H,18,19)/t13-/m1/s1. The highest BCUT2D eigenvalue weighted by atomic mass is 35.5. The molecule has 0 bridgehead atoms. The summed E-state index contributed by atoms with van der Waals surface area (Å²) in [6.45, 7) is 2.06. The van der Waals surface area contributed by atoms with Gasteiger partial charge in [-0.05, 0) is 45.1 Å². The van der Waals surface area contributed by atoms with Gasteiger partial charge in [-0.3, -0.25) is 4.90 Å². The van der Waals surface area contributed by atoms with E-state index in [0.717, 1.165) is 19.5 Å². The summed E-state index contributed by atoms with van der Waals surface area (Å²) in [5, 5.41) is 0. The van der Waals surface area contributed by atoms with Gasteiger partial charge < -0.3 is 4.98 Å². The number of aromatic nitrogens is 3. The lowest BCUT2D eigenvalue weighted by molar-refractivity contribution is 0.242. The largest absolute Gasteiger partial charge is 0.344 e. The second kappa shape index (κ2) is 5.71. The van der Waals surface area contributed by atoms with Gasteiger partial charge in [0.25, 0.3) is 0 Å². The van der Waals surface area contributed by atoms with Crippen molar-refractivity contribution in [1.82, 2.24) is 19.9 Å². The van der Waals surface area contributed by atoms with E-state index in [4.69, 9.17) is 16.6 Å². The van der Waals surface area contributed by atoms with Crippen molar-refractivity contribution in [3.8, 4) is 0 Å². The number of fused-ring (bicyclic) bond motifs is 1. The molecule has 0 saturated carbocycles. The van der Waals surface area contributed by atoms with Crippen molar-refractivity contribution in [2.45, 2.75) is 51.1 Å². The number of hydrogen-bond donors (Lipinski definition) is 1. The zero-order chi connectivity index (χ0) is 14.2. The molecule has 6 heteroatoms. The van der Waals surface area contributed by atoms with Crippen molar-refractivity contribution in [2.24, 2.45) is 0 Å². The molecule has 1 saturated heterocycles. The molecule has 4 rings (SSSR count). The Morgan fingerprint density at radius 2 is 2.24 bits per heavy atom. The lowest BCUT2D eigenvalue weighted by Crippen LogP contribution is -2.23. The number of likely N-dealkylation sites (tertiary alicyclic amines) is 1. The van der Waals surface area contributed by atoms with E-state index in [2.05, 4.69) is 14.9 Å². The molecule has 0 aromatic carbocycles. The van der Waals surface area contributed by atoms with Crippen LogP contribution in [0.5, 0.6) is 0 Å². The van der Waals surface area contributed by atoms with Gasteiger partial charge in [0.15, 0.2) is 4.47 Å². The first-order valence-electron chi connectivity index (χ1n) is 7.71. The highest BCUT2D eigenvalue weighted by Gasteiger charge is 2.30. The van der Waals surface area contributed by atoms with Crippen molar-refractivity contribution in [3.05, 3.63) is 32.8 Å². The summed E-state index contributed by atoms with van der Waals surface area (Å²) >= 11 is 7.52. The molecular formula is C15H19ClN4S. The van der Waals surface area contributed by atoms with Crippen LogP contribution in [0.4, 0.5) is 0 Å². The number of aromatic amines is 1. The summed E-state index contributed by atoms with van der Waals surface area (Å²) in [5.74, 6) is 1.18. The van der Waals surface area contributed by atoms with E-state index in [9.17, 15) is 0 Å². The minimum atomic E-state index is 0.427. The summed E-state index contributed by atoms with van der Waals surface area (Å²) in [4.78, 5) is 16.4. The van der Waals surface area contributed by atoms with Crippen LogP contribution in [0, 0.1) is 0 Å². The van der Waals surface area contributed by atoms with Crippen LogP contribution in [0.1, 0.15) is 53.8 Å². The van der Waals surface area contributed by atoms with Gasteiger partial charge in [0.1, 0.15) is 5.82 Å². The van der Waals surface area contributed by atoms with E-state index in [-0.39, 0.29) is 0 Å². The summed E-state index contributed by atoms with van der Waals surface area (Å²) in [5.41, 5.74) is 2.69. The molecule has 3 heterocycles. The van der Waals surface area contributed by atoms with Gasteiger partial charge in [-0.1, -0.05) is 11.6 Å². The summed E-state index contributed by atoms with van der Waals surface area (Å²) in [6.07, 6.45) is 9.22. The van der Waals surface area contributed by atoms with Crippen LogP contribution in [-0.2, 0) is 19.4 Å². The molecule has 4 nitrogen and oxygen atoms in total. The first-order chi connectivity index (χ1) is 10.3. The maximum atomic E-state index is 5.94. The minimum absolute atomic E-state index is 0.427. The van der Waals surface area contributed by atoms with Gasteiger partial charge >= 0.3 is 0 Å². The Kier molecular flexibility index (Phi) is 3.73. The Balaban J connectivity index is 1.54. The summed E-state index contributed by atoms with van der Waals surface area (Å²) in [7, 11) is 0. The second-order valence-electron chi connectivity index (χ2n) is 5.96. The Labute approximate surface area is 133 Å². The second-order valence-corrected chi connectivity index (χ2v) is 7.66. The predicted molar refractivity (Wildman–Crippen MR) is 84.7 cm³/mol. The molecule has 2 aromatic rings. The average molecular weight is 323 g/mol. The zero-order valence-electron chi connectivity index (χ0n) is 11.9. The molecule has 1 N–H and O–H groups in total. The fraction of sp³-hybridized carbons (Fsp3) is 0.600. The number of halogens is 1. The molecule has 2 aromatic heterocycles. The van der Waals surface area contributed by atoms with Gasteiger partial charge in [0.05, 0.1) is 11.7 Å². The lowest BCUT2D eigenvalue weighted by atomic mass is 10.0. The highest BCUT2D eigenvalue weighted by molar-refractivity contribution is 7.15. The van der Waals surface area contributed by atoms with Gasteiger partial charge in [-0.15, -0.1) is 11.3 Å². The number of nitrogens with zero attached hydrogens (tertiary/aromatic N) is 3. The maximum absolute atomic E-state index is 5.94. The molecule has 1 aliphatic heterocycles. The zero-order valence-corrected chi connectivity index (χ0v) is 13.5. The number of nitrogens with one attached hydrogen (secondary N) is 1. The van der Waals surface area contributed by atoms with Crippen LogP contribution in [0.25, 0.3) is 0 Å². The molecule has 0 amide bonds. The van der Waals surface area contributed by atoms with E-state index in [1.165, 1.54) is 54.2 Å². The molecule has 0 radical (unpaired) electrons. The molecule has 1 atom stereocenters. The minimum Gasteiger partial charge on any atom is -0.344 e. The van der Waals surface area contributed by atoms with E-state index < -0.39 is 0 Å². The summed E-state index contributed by atoms with van der Waals surface area (Å²) in [6, 6.07) is 0.427. The molecule has 0 spiro atoms. The first-order valence-corrected chi connectivity index (χ1v) is 8.91. The van der Waals surface area contributed by atoms with E-state index in [1.807, 2.05) is 6.20 Å². The molecule has 112 valence electrons. The molecule has 0 unspecified atom stereocenters. The van der Waals surface area contributed by atoms with Gasteiger partial charge in [0.2, 0.25) is 0 Å². The van der Waals surface area contributed by atoms with Gasteiger partial charge in [-0.25, -0.2) is 9.97 Å². The highest BCUT2D eigenvalue weighted by Crippen LogP contribution is 2.34. The van der Waals surface area contributed by atoms with Crippen molar-refractivity contribution in [1.29, 1.82) is 0 Å². The topological polar surface area (TPSA) is 44.8 Å². The SMILES string of the molecule is Clc1ncc(CN2CCC[C@@H]2c2nc3c([nH]2)CCCC3)s1. The Morgan fingerprint density at radius 1 is 1.33 bits per heavy atom. The van der Waals surface area contributed by atoms with E-state index in [1.54, 1.807) is 11.3 Å². The fourth-order valence-corrected chi connectivity index (χ4v) is 4.52. The maximum Gasteiger partial charge on any atom is 0.183 e. The third kappa shape index (κ3) is 2.74. The summed E-state index contributed by atoms with van der Waals surface area (Å²) < 4.78 is 0.634. The van der Waals surface area contributed by atoms with E-state index >= 15 is 0 Å². The Hall–Kier alpha value is -0.910. The third-order valence-corrected chi connectivity index (χ3v) is 5.64. The number of rotatable bonds is 3. The fourth-order valence-electron chi connectivity index (χ4n) is 3.52. The van der Waals surface area contributed by atoms with Crippen LogP contribution in [0.2, 0.25) is 4.47 Å². The lowest BCUT2D eigenvalue weighted by Gasteiger charge is -2.21. The number of aryl methyl sites for hydroxylation is 2.